The van der Waals surface area contributed by atoms with Crippen molar-refractivity contribution < 1.29 is 19.0 Å². The van der Waals surface area contributed by atoms with Gasteiger partial charge in [0.1, 0.15) is 11.5 Å². The Bertz CT molecular complexity index is 1170. The number of rotatable bonds is 12. The Balaban J connectivity index is 1.68. The van der Waals surface area contributed by atoms with Crippen LogP contribution in [-0.2, 0) is 17.8 Å². The van der Waals surface area contributed by atoms with Gasteiger partial charge < -0.3 is 19.0 Å². The number of aromatic nitrogens is 2. The van der Waals surface area contributed by atoms with Gasteiger partial charge in [-0.3, -0.25) is 4.90 Å². The second-order valence-corrected chi connectivity index (χ2v) is 8.59. The summed E-state index contributed by atoms with van der Waals surface area (Å²) in [6, 6.07) is 21.7. The van der Waals surface area contributed by atoms with Crippen LogP contribution in [0.3, 0.4) is 0 Å². The van der Waals surface area contributed by atoms with Gasteiger partial charge in [-0.15, -0.1) is 0 Å². The molecule has 0 aliphatic carbocycles. The van der Waals surface area contributed by atoms with Crippen molar-refractivity contribution in [1.82, 2.24) is 14.7 Å². The molecule has 0 unspecified atom stereocenters. The van der Waals surface area contributed by atoms with E-state index in [0.29, 0.717) is 32.1 Å². The molecule has 2 aromatic carbocycles. The van der Waals surface area contributed by atoms with Crippen LogP contribution in [0.5, 0.6) is 11.6 Å². The molecule has 1 atom stereocenters. The van der Waals surface area contributed by atoms with Crippen molar-refractivity contribution in [3.8, 4) is 17.3 Å². The molecule has 2 aromatic heterocycles. The Kier molecular flexibility index (Phi) is 8.36. The number of benzene rings is 2. The second-order valence-electron chi connectivity index (χ2n) is 8.59. The molecule has 1 N–H and O–H groups in total. The smallest absolute Gasteiger partial charge is 0.227 e. The predicted molar refractivity (Wildman–Crippen MR) is 135 cm³/mol. The fourth-order valence-electron chi connectivity index (χ4n) is 3.92. The zero-order valence-corrected chi connectivity index (χ0v) is 20.6. The van der Waals surface area contributed by atoms with E-state index in [2.05, 4.69) is 4.90 Å². The predicted octanol–water partition coefficient (Wildman–Crippen LogP) is 5.27. The fourth-order valence-corrected chi connectivity index (χ4v) is 3.92. The van der Waals surface area contributed by atoms with Crippen LogP contribution in [0.25, 0.3) is 5.69 Å². The lowest BCUT2D eigenvalue weighted by Gasteiger charge is -2.24. The third-order valence-electron chi connectivity index (χ3n) is 5.70. The summed E-state index contributed by atoms with van der Waals surface area (Å²) in [6.07, 6.45) is 1.03. The topological polar surface area (TPSA) is 72.9 Å². The minimum atomic E-state index is -0.629. The maximum atomic E-state index is 10.6. The SMILES string of the molecule is CCOC[C@@H](O)CN(Cc1ccco1)Cc1c(C)nn(-c2ccccc2)c1Oc1ccc(C)cc1. The normalized spacial score (nSPS) is 12.3. The number of furan rings is 1. The Hall–Kier alpha value is -3.39. The summed E-state index contributed by atoms with van der Waals surface area (Å²) in [7, 11) is 0. The molecule has 0 aliphatic rings. The number of aryl methyl sites for hydroxylation is 2. The van der Waals surface area contributed by atoms with Gasteiger partial charge in [0.05, 0.1) is 42.5 Å². The summed E-state index contributed by atoms with van der Waals surface area (Å²) in [6.45, 7) is 8.27. The van der Waals surface area contributed by atoms with Gasteiger partial charge in [-0.25, -0.2) is 4.68 Å². The number of aliphatic hydroxyl groups is 1. The van der Waals surface area contributed by atoms with Crippen LogP contribution in [-0.4, -0.2) is 45.6 Å². The Morgan fingerprint density at radius 1 is 1.00 bits per heavy atom. The lowest BCUT2D eigenvalue weighted by molar-refractivity contribution is 0.0166. The summed E-state index contributed by atoms with van der Waals surface area (Å²) in [5.41, 5.74) is 3.89. The highest BCUT2D eigenvalue weighted by atomic mass is 16.5. The van der Waals surface area contributed by atoms with Gasteiger partial charge in [-0.05, 0) is 57.2 Å². The highest BCUT2D eigenvalue weighted by Crippen LogP contribution is 2.32. The van der Waals surface area contributed by atoms with Crippen LogP contribution in [0.1, 0.15) is 29.5 Å². The molecule has 0 bridgehead atoms. The number of hydrogen-bond acceptors (Lipinski definition) is 6. The van der Waals surface area contributed by atoms with E-state index in [1.165, 1.54) is 5.56 Å². The number of nitrogens with zero attached hydrogens (tertiary/aromatic N) is 3. The van der Waals surface area contributed by atoms with Gasteiger partial charge >= 0.3 is 0 Å². The minimum absolute atomic E-state index is 0.278. The largest absolute Gasteiger partial charge is 0.468 e. The van der Waals surface area contributed by atoms with Crippen molar-refractivity contribution >= 4 is 0 Å². The quantitative estimate of drug-likeness (QED) is 0.301. The number of aliphatic hydroxyl groups excluding tert-OH is 1. The highest BCUT2D eigenvalue weighted by Gasteiger charge is 2.23. The van der Waals surface area contributed by atoms with E-state index in [1.807, 2.05) is 92.2 Å². The van der Waals surface area contributed by atoms with E-state index < -0.39 is 6.10 Å². The Labute approximate surface area is 206 Å². The molecule has 0 saturated heterocycles. The molecule has 0 amide bonds. The van der Waals surface area contributed by atoms with Crippen molar-refractivity contribution in [2.24, 2.45) is 0 Å². The van der Waals surface area contributed by atoms with Crippen molar-refractivity contribution in [2.75, 3.05) is 19.8 Å². The molecule has 7 heteroatoms. The Morgan fingerprint density at radius 2 is 1.77 bits per heavy atom. The zero-order chi connectivity index (χ0) is 24.6. The molecular formula is C28H33N3O4. The van der Waals surface area contributed by atoms with E-state index in [0.717, 1.165) is 28.5 Å². The molecule has 2 heterocycles. The van der Waals surface area contributed by atoms with Gasteiger partial charge in [0.15, 0.2) is 0 Å². The van der Waals surface area contributed by atoms with Crippen LogP contribution in [0.2, 0.25) is 0 Å². The number of hydrogen-bond donors (Lipinski definition) is 1. The first-order valence-corrected chi connectivity index (χ1v) is 11.9. The summed E-state index contributed by atoms with van der Waals surface area (Å²) in [5.74, 6) is 2.21. The van der Waals surface area contributed by atoms with Crippen LogP contribution < -0.4 is 4.74 Å². The Morgan fingerprint density at radius 3 is 2.46 bits per heavy atom. The van der Waals surface area contributed by atoms with Crippen molar-refractivity contribution in [3.63, 3.8) is 0 Å². The molecule has 4 aromatic rings. The standard InChI is InChI=1S/C28H33N3O4/c1-4-33-20-24(32)17-30(18-26-11-8-16-34-26)19-27-22(3)29-31(23-9-6-5-7-10-23)28(27)35-25-14-12-21(2)13-15-25/h5-16,24,32H,4,17-20H2,1-3H3/t24-/m0/s1. The lowest BCUT2D eigenvalue weighted by Crippen LogP contribution is -2.34. The van der Waals surface area contributed by atoms with Gasteiger partial charge in [0.25, 0.3) is 0 Å². The van der Waals surface area contributed by atoms with Gasteiger partial charge in [0, 0.05) is 19.7 Å². The average Bonchev–Trinajstić information content (AvgIpc) is 3.48. The summed E-state index contributed by atoms with van der Waals surface area (Å²) in [5, 5.41) is 15.4. The van der Waals surface area contributed by atoms with Crippen molar-refractivity contribution in [1.29, 1.82) is 0 Å². The van der Waals surface area contributed by atoms with E-state index in [4.69, 9.17) is 19.0 Å². The monoisotopic (exact) mass is 475 g/mol. The summed E-state index contributed by atoms with van der Waals surface area (Å²) < 4.78 is 19.3. The molecule has 0 spiro atoms. The van der Waals surface area contributed by atoms with Crippen molar-refractivity contribution in [2.45, 2.75) is 40.0 Å². The zero-order valence-electron chi connectivity index (χ0n) is 20.6. The number of para-hydroxylation sites is 1. The molecule has 7 nitrogen and oxygen atoms in total. The van der Waals surface area contributed by atoms with Crippen LogP contribution in [0.4, 0.5) is 0 Å². The second kappa shape index (κ2) is 11.8. The first-order chi connectivity index (χ1) is 17.0. The summed E-state index contributed by atoms with van der Waals surface area (Å²) >= 11 is 0. The van der Waals surface area contributed by atoms with E-state index >= 15 is 0 Å². The third-order valence-corrected chi connectivity index (χ3v) is 5.70. The van der Waals surface area contributed by atoms with Crippen LogP contribution >= 0.6 is 0 Å². The molecule has 35 heavy (non-hydrogen) atoms. The summed E-state index contributed by atoms with van der Waals surface area (Å²) in [4.78, 5) is 2.13. The van der Waals surface area contributed by atoms with Gasteiger partial charge in [-0.2, -0.15) is 5.10 Å². The average molecular weight is 476 g/mol. The first-order valence-electron chi connectivity index (χ1n) is 11.9. The molecule has 0 radical (unpaired) electrons. The van der Waals surface area contributed by atoms with E-state index in [1.54, 1.807) is 6.26 Å². The molecule has 184 valence electrons. The fraction of sp³-hybridized carbons (Fsp3) is 0.321. The molecule has 4 rings (SSSR count). The maximum Gasteiger partial charge on any atom is 0.227 e. The van der Waals surface area contributed by atoms with Gasteiger partial charge in [-0.1, -0.05) is 35.9 Å². The third kappa shape index (κ3) is 6.60. The van der Waals surface area contributed by atoms with Gasteiger partial charge in [0.2, 0.25) is 5.88 Å². The lowest BCUT2D eigenvalue weighted by atomic mass is 10.2. The maximum absolute atomic E-state index is 10.6. The van der Waals surface area contributed by atoms with E-state index in [-0.39, 0.29) is 6.61 Å². The molecule has 0 fully saturated rings. The molecule has 0 aliphatic heterocycles. The number of ether oxygens (including phenoxy) is 2. The van der Waals surface area contributed by atoms with E-state index in [9.17, 15) is 5.11 Å². The molecule has 0 saturated carbocycles. The van der Waals surface area contributed by atoms with Crippen molar-refractivity contribution in [3.05, 3.63) is 95.6 Å². The van der Waals surface area contributed by atoms with Crippen LogP contribution in [0.15, 0.2) is 77.4 Å². The minimum Gasteiger partial charge on any atom is -0.468 e. The van der Waals surface area contributed by atoms with Crippen LogP contribution in [0, 0.1) is 13.8 Å². The first kappa shape index (κ1) is 24.7. The highest BCUT2D eigenvalue weighted by molar-refractivity contribution is 5.43. The molecular weight excluding hydrogens is 442 g/mol.